The lowest BCUT2D eigenvalue weighted by molar-refractivity contribution is 0.292. The minimum absolute atomic E-state index is 0.630. The number of hydrogen-bond donors (Lipinski definition) is 0. The Hall–Kier alpha value is -1.86. The largest absolute Gasteiger partial charge is 0.295 e. The maximum atomic E-state index is 2.58. The maximum Gasteiger partial charge on any atom is 0.0239 e. The van der Waals surface area contributed by atoms with E-state index in [4.69, 9.17) is 0 Å². The average Bonchev–Trinajstić information content (AvgIpc) is 2.74. The molecule has 1 heterocycles. The first-order valence-corrected chi connectivity index (χ1v) is 8.70. The Labute approximate surface area is 140 Å². The molecule has 2 aromatic rings. The molecule has 2 aromatic carbocycles. The molecule has 23 heavy (non-hydrogen) atoms. The van der Waals surface area contributed by atoms with Gasteiger partial charge in [-0.05, 0) is 55.8 Å². The van der Waals surface area contributed by atoms with E-state index in [1.807, 2.05) is 0 Å². The molecule has 0 bridgehead atoms. The lowest BCUT2D eigenvalue weighted by Crippen LogP contribution is -2.23. The zero-order valence-electron chi connectivity index (χ0n) is 14.3. The van der Waals surface area contributed by atoms with Gasteiger partial charge in [0.2, 0.25) is 0 Å². The summed E-state index contributed by atoms with van der Waals surface area (Å²) in [6.07, 6.45) is 4.73. The third kappa shape index (κ3) is 4.33. The van der Waals surface area contributed by atoms with Crippen LogP contribution in [0.3, 0.4) is 0 Å². The predicted molar refractivity (Wildman–Crippen MR) is 98.7 cm³/mol. The van der Waals surface area contributed by atoms with E-state index in [0.717, 1.165) is 19.5 Å². The molecule has 0 N–H and O–H groups in total. The van der Waals surface area contributed by atoms with Crippen molar-refractivity contribution in [2.75, 3.05) is 13.1 Å². The topological polar surface area (TPSA) is 3.24 Å². The fraction of sp³-hybridized carbons (Fsp3) is 0.364. The second-order valence-electron chi connectivity index (χ2n) is 6.89. The Morgan fingerprint density at radius 1 is 1.04 bits per heavy atom. The van der Waals surface area contributed by atoms with Crippen molar-refractivity contribution in [3.8, 4) is 0 Å². The minimum Gasteiger partial charge on any atom is -0.295 e. The van der Waals surface area contributed by atoms with Gasteiger partial charge in [-0.3, -0.25) is 4.90 Å². The van der Waals surface area contributed by atoms with E-state index in [9.17, 15) is 0 Å². The number of fused-ring (bicyclic) bond motifs is 1. The molecule has 0 saturated carbocycles. The predicted octanol–water partition coefficient (Wildman–Crippen LogP) is 5.18. The molecule has 0 saturated heterocycles. The highest BCUT2D eigenvalue weighted by atomic mass is 15.1. The van der Waals surface area contributed by atoms with Crippen molar-refractivity contribution in [3.63, 3.8) is 0 Å². The van der Waals surface area contributed by atoms with Gasteiger partial charge in [-0.15, -0.1) is 0 Å². The van der Waals surface area contributed by atoms with Gasteiger partial charge in [0.1, 0.15) is 0 Å². The zero-order chi connectivity index (χ0) is 16.1. The number of benzene rings is 2. The summed E-state index contributed by atoms with van der Waals surface area (Å²) >= 11 is 0. The highest BCUT2D eigenvalue weighted by Gasteiger charge is 2.21. The van der Waals surface area contributed by atoms with Gasteiger partial charge in [-0.1, -0.05) is 66.2 Å². The number of allylic oxidation sites excluding steroid dienone is 1. The van der Waals surface area contributed by atoms with Crippen LogP contribution in [0.2, 0.25) is 0 Å². The van der Waals surface area contributed by atoms with Crippen molar-refractivity contribution in [2.45, 2.75) is 39.2 Å². The van der Waals surface area contributed by atoms with Crippen molar-refractivity contribution >= 4 is 0 Å². The van der Waals surface area contributed by atoms with Gasteiger partial charge in [0, 0.05) is 13.1 Å². The van der Waals surface area contributed by atoms with Crippen LogP contribution in [0.5, 0.6) is 0 Å². The van der Waals surface area contributed by atoms with Crippen molar-refractivity contribution in [1.82, 2.24) is 4.90 Å². The molecule has 1 aliphatic rings. The van der Waals surface area contributed by atoms with E-state index >= 15 is 0 Å². The zero-order valence-corrected chi connectivity index (χ0v) is 14.3. The Morgan fingerprint density at radius 2 is 1.78 bits per heavy atom. The monoisotopic (exact) mass is 305 g/mol. The fourth-order valence-electron chi connectivity index (χ4n) is 3.47. The molecule has 1 aliphatic heterocycles. The van der Waals surface area contributed by atoms with Gasteiger partial charge in [-0.25, -0.2) is 0 Å². The highest BCUT2D eigenvalue weighted by molar-refractivity contribution is 5.33. The summed E-state index contributed by atoms with van der Waals surface area (Å²) in [5.74, 6) is 0.630. The van der Waals surface area contributed by atoms with Gasteiger partial charge < -0.3 is 0 Å². The molecule has 0 aromatic heterocycles. The Kier molecular flexibility index (Phi) is 5.30. The molecule has 0 aliphatic carbocycles. The number of hydrogen-bond acceptors (Lipinski definition) is 1. The summed E-state index contributed by atoms with van der Waals surface area (Å²) in [5.41, 5.74) is 5.91. The number of nitrogens with zero attached hydrogens (tertiary/aromatic N) is 1. The van der Waals surface area contributed by atoms with Gasteiger partial charge in [0.25, 0.3) is 0 Å². The molecule has 0 spiro atoms. The smallest absolute Gasteiger partial charge is 0.0239 e. The first kappa shape index (κ1) is 16.0. The first-order chi connectivity index (χ1) is 11.2. The standard InChI is InChI=1S/C22H27N/c1-18(2)12-14-23-15-13-20(16-19-8-4-3-5-9-19)22-11-7-6-10-21(22)17-23/h3-12,20H,13-17H2,1-2H3/t20-/m1/s1. The van der Waals surface area contributed by atoms with Gasteiger partial charge in [-0.2, -0.15) is 0 Å². The maximum absolute atomic E-state index is 2.58. The first-order valence-electron chi connectivity index (χ1n) is 8.70. The lowest BCUT2D eigenvalue weighted by Gasteiger charge is -2.19. The van der Waals surface area contributed by atoms with Gasteiger partial charge in [0.15, 0.2) is 0 Å². The summed E-state index contributed by atoms with van der Waals surface area (Å²) < 4.78 is 0. The second-order valence-corrected chi connectivity index (χ2v) is 6.89. The van der Waals surface area contributed by atoms with Crippen LogP contribution in [0.4, 0.5) is 0 Å². The fourth-order valence-corrected chi connectivity index (χ4v) is 3.47. The molecular weight excluding hydrogens is 278 g/mol. The average molecular weight is 305 g/mol. The van der Waals surface area contributed by atoms with Crippen LogP contribution in [0.1, 0.15) is 42.9 Å². The van der Waals surface area contributed by atoms with E-state index in [-0.39, 0.29) is 0 Å². The van der Waals surface area contributed by atoms with E-state index < -0.39 is 0 Å². The van der Waals surface area contributed by atoms with Crippen molar-refractivity contribution in [3.05, 3.63) is 82.9 Å². The summed E-state index contributed by atoms with van der Waals surface area (Å²) in [5, 5.41) is 0. The third-order valence-electron chi connectivity index (χ3n) is 4.77. The minimum atomic E-state index is 0.630. The Bertz CT molecular complexity index is 653. The molecule has 1 nitrogen and oxygen atoms in total. The van der Waals surface area contributed by atoms with E-state index in [2.05, 4.69) is 79.4 Å². The summed E-state index contributed by atoms with van der Waals surface area (Å²) in [6.45, 7) is 7.68. The molecular formula is C22H27N. The molecule has 0 unspecified atom stereocenters. The van der Waals surface area contributed by atoms with Gasteiger partial charge >= 0.3 is 0 Å². The second kappa shape index (κ2) is 7.61. The molecule has 0 radical (unpaired) electrons. The van der Waals surface area contributed by atoms with E-state index in [1.54, 1.807) is 5.56 Å². The van der Waals surface area contributed by atoms with Crippen LogP contribution in [0.25, 0.3) is 0 Å². The molecule has 0 fully saturated rings. The van der Waals surface area contributed by atoms with Crippen LogP contribution in [-0.2, 0) is 13.0 Å². The quantitative estimate of drug-likeness (QED) is 0.703. The molecule has 120 valence electrons. The van der Waals surface area contributed by atoms with Gasteiger partial charge in [0.05, 0.1) is 0 Å². The van der Waals surface area contributed by atoms with Crippen molar-refractivity contribution in [2.24, 2.45) is 0 Å². The third-order valence-corrected chi connectivity index (χ3v) is 4.77. The normalized spacial score (nSPS) is 18.1. The van der Waals surface area contributed by atoms with E-state index in [0.29, 0.717) is 5.92 Å². The lowest BCUT2D eigenvalue weighted by atomic mass is 9.87. The molecule has 1 heteroatoms. The molecule has 1 atom stereocenters. The van der Waals surface area contributed by atoms with Crippen LogP contribution in [0.15, 0.2) is 66.2 Å². The SMILES string of the molecule is CC(C)=CCN1CC[C@H](Cc2ccccc2)c2ccccc2C1. The number of rotatable bonds is 4. The van der Waals surface area contributed by atoms with Crippen LogP contribution in [0, 0.1) is 0 Å². The van der Waals surface area contributed by atoms with E-state index in [1.165, 1.54) is 29.7 Å². The van der Waals surface area contributed by atoms with Crippen molar-refractivity contribution < 1.29 is 0 Å². The summed E-state index contributed by atoms with van der Waals surface area (Å²) in [4.78, 5) is 2.58. The van der Waals surface area contributed by atoms with Crippen LogP contribution < -0.4 is 0 Å². The highest BCUT2D eigenvalue weighted by Crippen LogP contribution is 2.31. The molecule has 3 rings (SSSR count). The molecule has 0 amide bonds. The van der Waals surface area contributed by atoms with Crippen molar-refractivity contribution in [1.29, 1.82) is 0 Å². The summed E-state index contributed by atoms with van der Waals surface area (Å²) in [6, 6.07) is 20.0. The van der Waals surface area contributed by atoms with Crippen LogP contribution >= 0.6 is 0 Å². The Balaban J connectivity index is 1.81. The summed E-state index contributed by atoms with van der Waals surface area (Å²) in [7, 11) is 0. The van der Waals surface area contributed by atoms with Crippen LogP contribution in [-0.4, -0.2) is 18.0 Å². The Morgan fingerprint density at radius 3 is 2.57 bits per heavy atom.